The Balaban J connectivity index is 2.03. The lowest BCUT2D eigenvalue weighted by Crippen LogP contribution is -2.22. The van der Waals surface area contributed by atoms with Crippen molar-refractivity contribution >= 4 is 34.9 Å². The number of rotatable bonds is 5. The van der Waals surface area contributed by atoms with Gasteiger partial charge in [-0.05, 0) is 55.1 Å². The SMILES string of the molecule is CCNC(=O)c1cccc(NC(=O)/C=C/c2sccc2C)c1. The third-order valence-electron chi connectivity index (χ3n) is 3.02. The Bertz CT molecular complexity index is 704. The molecule has 2 amide bonds. The minimum Gasteiger partial charge on any atom is -0.352 e. The van der Waals surface area contributed by atoms with E-state index in [1.54, 1.807) is 41.7 Å². The second-order valence-corrected chi connectivity index (χ2v) is 5.68. The summed E-state index contributed by atoms with van der Waals surface area (Å²) in [5.74, 6) is -0.371. The summed E-state index contributed by atoms with van der Waals surface area (Å²) in [5.41, 5.74) is 2.27. The number of carbonyl (C=O) groups excluding carboxylic acids is 2. The molecule has 2 N–H and O–H groups in total. The van der Waals surface area contributed by atoms with E-state index in [1.807, 2.05) is 25.3 Å². The lowest BCUT2D eigenvalue weighted by atomic mass is 10.2. The van der Waals surface area contributed by atoms with Crippen molar-refractivity contribution in [2.45, 2.75) is 13.8 Å². The van der Waals surface area contributed by atoms with Crippen molar-refractivity contribution in [3.63, 3.8) is 0 Å². The number of hydrogen-bond acceptors (Lipinski definition) is 3. The van der Waals surface area contributed by atoms with Crippen molar-refractivity contribution in [3.05, 3.63) is 57.8 Å². The van der Waals surface area contributed by atoms with Gasteiger partial charge in [0.15, 0.2) is 0 Å². The zero-order chi connectivity index (χ0) is 15.9. The summed E-state index contributed by atoms with van der Waals surface area (Å²) in [6.45, 7) is 4.43. The fourth-order valence-electron chi connectivity index (χ4n) is 1.89. The Morgan fingerprint density at radius 2 is 2.09 bits per heavy atom. The summed E-state index contributed by atoms with van der Waals surface area (Å²) in [6, 6.07) is 8.88. The minimum atomic E-state index is -0.221. The highest BCUT2D eigenvalue weighted by Gasteiger charge is 2.06. The van der Waals surface area contributed by atoms with E-state index in [0.29, 0.717) is 17.8 Å². The van der Waals surface area contributed by atoms with Crippen LogP contribution in [-0.4, -0.2) is 18.4 Å². The number of hydrogen-bond donors (Lipinski definition) is 2. The molecule has 2 rings (SSSR count). The molecule has 1 aromatic carbocycles. The number of thiophene rings is 1. The molecule has 0 radical (unpaired) electrons. The Labute approximate surface area is 133 Å². The maximum absolute atomic E-state index is 11.9. The van der Waals surface area contributed by atoms with Crippen molar-refractivity contribution in [1.29, 1.82) is 0 Å². The molecule has 0 saturated heterocycles. The van der Waals surface area contributed by atoms with Gasteiger partial charge in [0.1, 0.15) is 0 Å². The number of nitrogens with one attached hydrogen (secondary N) is 2. The molecular formula is C17H18N2O2S. The Hall–Kier alpha value is -2.40. The number of anilines is 1. The molecule has 114 valence electrons. The second kappa shape index (κ2) is 7.56. The van der Waals surface area contributed by atoms with E-state index in [-0.39, 0.29) is 11.8 Å². The fraction of sp³-hybridized carbons (Fsp3) is 0.176. The van der Waals surface area contributed by atoms with Crippen LogP contribution in [0.3, 0.4) is 0 Å². The van der Waals surface area contributed by atoms with E-state index < -0.39 is 0 Å². The van der Waals surface area contributed by atoms with Crippen molar-refractivity contribution in [3.8, 4) is 0 Å². The van der Waals surface area contributed by atoms with Crippen molar-refractivity contribution < 1.29 is 9.59 Å². The van der Waals surface area contributed by atoms with Crippen LogP contribution in [0.2, 0.25) is 0 Å². The van der Waals surface area contributed by atoms with Crippen molar-refractivity contribution in [2.24, 2.45) is 0 Å². The number of carbonyl (C=O) groups is 2. The average molecular weight is 314 g/mol. The van der Waals surface area contributed by atoms with Gasteiger partial charge in [-0.3, -0.25) is 9.59 Å². The van der Waals surface area contributed by atoms with Crippen LogP contribution in [-0.2, 0) is 4.79 Å². The third kappa shape index (κ3) is 4.30. The minimum absolute atomic E-state index is 0.150. The molecule has 0 atom stereocenters. The smallest absolute Gasteiger partial charge is 0.251 e. The molecule has 2 aromatic rings. The predicted molar refractivity (Wildman–Crippen MR) is 91.2 cm³/mol. The van der Waals surface area contributed by atoms with Crippen LogP contribution in [0.5, 0.6) is 0 Å². The van der Waals surface area contributed by atoms with Gasteiger partial charge in [0, 0.05) is 28.7 Å². The van der Waals surface area contributed by atoms with Gasteiger partial charge in [0.2, 0.25) is 5.91 Å². The monoisotopic (exact) mass is 314 g/mol. The maximum atomic E-state index is 11.9. The highest BCUT2D eigenvalue weighted by molar-refractivity contribution is 7.11. The summed E-state index contributed by atoms with van der Waals surface area (Å²) in [6.07, 6.45) is 3.29. The Morgan fingerprint density at radius 3 is 2.77 bits per heavy atom. The highest BCUT2D eigenvalue weighted by Crippen LogP contribution is 2.17. The molecule has 0 aliphatic rings. The average Bonchev–Trinajstić information content (AvgIpc) is 2.91. The molecule has 0 aliphatic carbocycles. The molecule has 1 heterocycles. The van der Waals surface area contributed by atoms with E-state index in [1.165, 1.54) is 6.08 Å². The number of benzene rings is 1. The summed E-state index contributed by atoms with van der Waals surface area (Å²) in [7, 11) is 0. The van der Waals surface area contributed by atoms with E-state index in [9.17, 15) is 9.59 Å². The second-order valence-electron chi connectivity index (χ2n) is 4.73. The summed E-state index contributed by atoms with van der Waals surface area (Å²) >= 11 is 1.59. The lowest BCUT2D eigenvalue weighted by molar-refractivity contribution is -0.111. The van der Waals surface area contributed by atoms with Gasteiger partial charge in [-0.25, -0.2) is 0 Å². The number of amides is 2. The van der Waals surface area contributed by atoms with Crippen LogP contribution in [0, 0.1) is 6.92 Å². The van der Waals surface area contributed by atoms with Gasteiger partial charge in [-0.1, -0.05) is 6.07 Å². The van der Waals surface area contributed by atoms with Gasteiger partial charge >= 0.3 is 0 Å². The van der Waals surface area contributed by atoms with Gasteiger partial charge in [0.05, 0.1) is 0 Å². The van der Waals surface area contributed by atoms with Crippen LogP contribution in [0.25, 0.3) is 6.08 Å². The summed E-state index contributed by atoms with van der Waals surface area (Å²) in [4.78, 5) is 24.8. The molecule has 22 heavy (non-hydrogen) atoms. The first-order valence-electron chi connectivity index (χ1n) is 7.01. The molecule has 1 aromatic heterocycles. The topological polar surface area (TPSA) is 58.2 Å². The van der Waals surface area contributed by atoms with E-state index in [0.717, 1.165) is 10.4 Å². The zero-order valence-electron chi connectivity index (χ0n) is 12.6. The van der Waals surface area contributed by atoms with Crippen LogP contribution in [0.15, 0.2) is 41.8 Å². The van der Waals surface area contributed by atoms with Gasteiger partial charge in [-0.2, -0.15) is 0 Å². The molecule has 0 spiro atoms. The van der Waals surface area contributed by atoms with Crippen LogP contribution < -0.4 is 10.6 Å². The van der Waals surface area contributed by atoms with Gasteiger partial charge in [0.25, 0.3) is 5.91 Å². The molecular weight excluding hydrogens is 296 g/mol. The standard InChI is InChI=1S/C17H18N2O2S/c1-3-18-17(21)13-5-4-6-14(11-13)19-16(20)8-7-15-12(2)9-10-22-15/h4-11H,3H2,1-2H3,(H,18,21)(H,19,20)/b8-7+. The van der Waals surface area contributed by atoms with Crippen molar-refractivity contribution in [2.75, 3.05) is 11.9 Å². The maximum Gasteiger partial charge on any atom is 0.251 e. The largest absolute Gasteiger partial charge is 0.352 e. The Kier molecular flexibility index (Phi) is 5.49. The molecule has 0 aliphatic heterocycles. The molecule has 0 fully saturated rings. The Morgan fingerprint density at radius 1 is 1.27 bits per heavy atom. The van der Waals surface area contributed by atoms with Gasteiger partial charge < -0.3 is 10.6 Å². The van der Waals surface area contributed by atoms with Crippen LogP contribution in [0.1, 0.15) is 27.7 Å². The summed E-state index contributed by atoms with van der Waals surface area (Å²) in [5, 5.41) is 7.48. The zero-order valence-corrected chi connectivity index (χ0v) is 13.4. The predicted octanol–water partition coefficient (Wildman–Crippen LogP) is 3.46. The van der Waals surface area contributed by atoms with Crippen LogP contribution >= 0.6 is 11.3 Å². The van der Waals surface area contributed by atoms with Crippen LogP contribution in [0.4, 0.5) is 5.69 Å². The van der Waals surface area contributed by atoms with Crippen molar-refractivity contribution in [1.82, 2.24) is 5.32 Å². The third-order valence-corrected chi connectivity index (χ3v) is 4.00. The molecule has 5 heteroatoms. The highest BCUT2D eigenvalue weighted by atomic mass is 32.1. The molecule has 0 saturated carbocycles. The molecule has 4 nitrogen and oxygen atoms in total. The van der Waals surface area contributed by atoms with E-state index in [2.05, 4.69) is 10.6 Å². The first kappa shape index (κ1) is 16.0. The first-order chi connectivity index (χ1) is 10.6. The normalized spacial score (nSPS) is 10.6. The fourth-order valence-corrected chi connectivity index (χ4v) is 2.71. The van der Waals surface area contributed by atoms with E-state index in [4.69, 9.17) is 0 Å². The van der Waals surface area contributed by atoms with Gasteiger partial charge in [-0.15, -0.1) is 11.3 Å². The lowest BCUT2D eigenvalue weighted by Gasteiger charge is -2.06. The quantitative estimate of drug-likeness (QED) is 0.830. The summed E-state index contributed by atoms with van der Waals surface area (Å²) < 4.78 is 0. The van der Waals surface area contributed by atoms with E-state index >= 15 is 0 Å². The number of aryl methyl sites for hydroxylation is 1. The molecule has 0 bridgehead atoms. The first-order valence-corrected chi connectivity index (χ1v) is 7.89. The molecule has 0 unspecified atom stereocenters.